The number of unbranched alkanes of at least 4 members (excludes halogenated alkanes) is 1. The van der Waals surface area contributed by atoms with Crippen molar-refractivity contribution in [3.8, 4) is 0 Å². The summed E-state index contributed by atoms with van der Waals surface area (Å²) in [7, 11) is 1.70. The Morgan fingerprint density at radius 3 is 2.80 bits per heavy atom. The molecule has 0 saturated carbocycles. The molecule has 0 fully saturated rings. The number of aromatic nitrogens is 1. The van der Waals surface area contributed by atoms with Crippen molar-refractivity contribution in [1.29, 1.82) is 0 Å². The summed E-state index contributed by atoms with van der Waals surface area (Å²) < 4.78 is 12.2. The summed E-state index contributed by atoms with van der Waals surface area (Å²) in [6, 6.07) is 9.93. The number of nitrogens with zero attached hydrogens (tertiary/aromatic N) is 1. The number of aryl methyl sites for hydroxylation is 1. The summed E-state index contributed by atoms with van der Waals surface area (Å²) in [6.07, 6.45) is 1.95. The molecule has 0 atom stereocenters. The van der Waals surface area contributed by atoms with E-state index < -0.39 is 0 Å². The average Bonchev–Trinajstić information content (AvgIpc) is 2.83. The van der Waals surface area contributed by atoms with Crippen LogP contribution in [0.1, 0.15) is 30.3 Å². The third kappa shape index (κ3) is 3.20. The van der Waals surface area contributed by atoms with Crippen LogP contribution >= 0.6 is 0 Å². The maximum Gasteiger partial charge on any atom is 0.354 e. The van der Waals surface area contributed by atoms with Crippen molar-refractivity contribution >= 4 is 16.9 Å². The van der Waals surface area contributed by atoms with Crippen LogP contribution in [0.3, 0.4) is 0 Å². The van der Waals surface area contributed by atoms with Gasteiger partial charge in [0, 0.05) is 31.2 Å². The van der Waals surface area contributed by atoms with Gasteiger partial charge in [0.1, 0.15) is 5.69 Å². The van der Waals surface area contributed by atoms with Gasteiger partial charge >= 0.3 is 5.97 Å². The molecule has 108 valence electrons. The van der Waals surface area contributed by atoms with Gasteiger partial charge < -0.3 is 14.0 Å². The lowest BCUT2D eigenvalue weighted by atomic mass is 10.2. The van der Waals surface area contributed by atoms with E-state index in [0.717, 1.165) is 36.9 Å². The summed E-state index contributed by atoms with van der Waals surface area (Å²) >= 11 is 0. The van der Waals surface area contributed by atoms with Gasteiger partial charge in [-0.1, -0.05) is 18.2 Å². The Morgan fingerprint density at radius 2 is 2.05 bits per heavy atom. The Hall–Kier alpha value is -1.81. The van der Waals surface area contributed by atoms with Gasteiger partial charge in [-0.2, -0.15) is 0 Å². The quantitative estimate of drug-likeness (QED) is 0.575. The highest BCUT2D eigenvalue weighted by atomic mass is 16.5. The molecule has 20 heavy (non-hydrogen) atoms. The van der Waals surface area contributed by atoms with Crippen molar-refractivity contribution in [2.24, 2.45) is 0 Å². The highest BCUT2D eigenvalue weighted by molar-refractivity contribution is 5.95. The van der Waals surface area contributed by atoms with Crippen molar-refractivity contribution in [2.75, 3.05) is 20.3 Å². The minimum Gasteiger partial charge on any atom is -0.461 e. The Bertz CT molecular complexity index is 574. The van der Waals surface area contributed by atoms with E-state index in [4.69, 9.17) is 9.47 Å². The van der Waals surface area contributed by atoms with Crippen LogP contribution < -0.4 is 0 Å². The first-order chi connectivity index (χ1) is 9.77. The molecule has 2 rings (SSSR count). The highest BCUT2D eigenvalue weighted by Gasteiger charge is 2.15. The molecule has 0 aliphatic heterocycles. The van der Waals surface area contributed by atoms with Crippen LogP contribution in [0.15, 0.2) is 30.3 Å². The van der Waals surface area contributed by atoms with E-state index in [9.17, 15) is 4.79 Å². The van der Waals surface area contributed by atoms with E-state index in [0.29, 0.717) is 12.3 Å². The van der Waals surface area contributed by atoms with Crippen LogP contribution in [0.4, 0.5) is 0 Å². The molecule has 1 heterocycles. The molecule has 0 unspecified atom stereocenters. The zero-order valence-corrected chi connectivity index (χ0v) is 12.1. The van der Waals surface area contributed by atoms with Gasteiger partial charge in [-0.25, -0.2) is 4.79 Å². The number of rotatable bonds is 7. The second-order valence-electron chi connectivity index (χ2n) is 4.66. The maximum atomic E-state index is 12.1. The summed E-state index contributed by atoms with van der Waals surface area (Å²) in [6.45, 7) is 3.76. The molecule has 0 amide bonds. The lowest BCUT2D eigenvalue weighted by molar-refractivity contribution is 0.0514. The summed E-state index contributed by atoms with van der Waals surface area (Å²) in [4.78, 5) is 12.1. The molecule has 2 aromatic rings. The predicted octanol–water partition coefficient (Wildman–Crippen LogP) is 3.24. The van der Waals surface area contributed by atoms with Crippen LogP contribution in [0.5, 0.6) is 0 Å². The largest absolute Gasteiger partial charge is 0.461 e. The van der Waals surface area contributed by atoms with Crippen molar-refractivity contribution in [2.45, 2.75) is 26.3 Å². The van der Waals surface area contributed by atoms with Gasteiger partial charge in [-0.15, -0.1) is 0 Å². The zero-order valence-electron chi connectivity index (χ0n) is 12.1. The summed E-state index contributed by atoms with van der Waals surface area (Å²) in [5, 5.41) is 1.07. The molecule has 0 aliphatic rings. The minimum absolute atomic E-state index is 0.254. The number of methoxy groups -OCH3 is 1. The van der Waals surface area contributed by atoms with Crippen LogP contribution in [0, 0.1) is 0 Å². The van der Waals surface area contributed by atoms with Crippen LogP contribution in [0.2, 0.25) is 0 Å². The molecule has 0 saturated heterocycles. The first kappa shape index (κ1) is 14.6. The molecule has 0 aliphatic carbocycles. The second-order valence-corrected chi connectivity index (χ2v) is 4.66. The first-order valence-corrected chi connectivity index (χ1v) is 7.02. The van der Waals surface area contributed by atoms with E-state index >= 15 is 0 Å². The number of esters is 1. The molecule has 4 nitrogen and oxygen atoms in total. The van der Waals surface area contributed by atoms with Gasteiger partial charge in [0.05, 0.1) is 6.61 Å². The number of carbonyl (C=O) groups is 1. The van der Waals surface area contributed by atoms with E-state index in [1.807, 2.05) is 41.8 Å². The van der Waals surface area contributed by atoms with E-state index in [-0.39, 0.29) is 5.97 Å². The fraction of sp³-hybridized carbons (Fsp3) is 0.438. The minimum atomic E-state index is -0.254. The van der Waals surface area contributed by atoms with Crippen molar-refractivity contribution < 1.29 is 14.3 Å². The Labute approximate surface area is 119 Å². The predicted molar refractivity (Wildman–Crippen MR) is 79.0 cm³/mol. The monoisotopic (exact) mass is 275 g/mol. The molecule has 1 aromatic heterocycles. The Morgan fingerprint density at radius 1 is 1.25 bits per heavy atom. The van der Waals surface area contributed by atoms with Crippen molar-refractivity contribution in [3.63, 3.8) is 0 Å². The van der Waals surface area contributed by atoms with E-state index in [1.165, 1.54) is 0 Å². The summed E-state index contributed by atoms with van der Waals surface area (Å²) in [5.41, 5.74) is 1.71. The van der Waals surface area contributed by atoms with Crippen LogP contribution in [-0.2, 0) is 16.0 Å². The van der Waals surface area contributed by atoms with Gasteiger partial charge in [-0.05, 0) is 31.9 Å². The average molecular weight is 275 g/mol. The maximum absolute atomic E-state index is 12.1. The van der Waals surface area contributed by atoms with Gasteiger partial charge in [0.15, 0.2) is 0 Å². The SMILES string of the molecule is CCOC(=O)c1cc2ccccc2n1CCCCOC. The molecule has 4 heteroatoms. The van der Waals surface area contributed by atoms with Crippen LogP contribution in [0.25, 0.3) is 10.9 Å². The Balaban J connectivity index is 2.27. The number of benzene rings is 1. The lowest BCUT2D eigenvalue weighted by Crippen LogP contribution is -2.12. The number of ether oxygens (including phenoxy) is 2. The number of hydrogen-bond donors (Lipinski definition) is 0. The lowest BCUT2D eigenvalue weighted by Gasteiger charge is -2.10. The van der Waals surface area contributed by atoms with E-state index in [2.05, 4.69) is 0 Å². The smallest absolute Gasteiger partial charge is 0.354 e. The third-order valence-electron chi connectivity index (χ3n) is 3.28. The molecule has 0 bridgehead atoms. The number of para-hydroxylation sites is 1. The van der Waals surface area contributed by atoms with E-state index in [1.54, 1.807) is 7.11 Å². The molecule has 0 spiro atoms. The number of fused-ring (bicyclic) bond motifs is 1. The topological polar surface area (TPSA) is 40.5 Å². The molecule has 1 aromatic carbocycles. The molecular weight excluding hydrogens is 254 g/mol. The third-order valence-corrected chi connectivity index (χ3v) is 3.28. The standard InChI is InChI=1S/C16H21NO3/c1-3-20-16(18)15-12-13-8-4-5-9-14(13)17(15)10-6-7-11-19-2/h4-5,8-9,12H,3,6-7,10-11H2,1-2H3. The van der Waals surface area contributed by atoms with Gasteiger partial charge in [0.25, 0.3) is 0 Å². The number of hydrogen-bond acceptors (Lipinski definition) is 3. The fourth-order valence-corrected chi connectivity index (χ4v) is 2.34. The normalized spacial score (nSPS) is 10.9. The number of carbonyl (C=O) groups excluding carboxylic acids is 1. The summed E-state index contributed by atoms with van der Waals surface area (Å²) in [5.74, 6) is -0.254. The van der Waals surface area contributed by atoms with Crippen molar-refractivity contribution in [3.05, 3.63) is 36.0 Å². The second kappa shape index (κ2) is 7.10. The van der Waals surface area contributed by atoms with Gasteiger partial charge in [0.2, 0.25) is 0 Å². The highest BCUT2D eigenvalue weighted by Crippen LogP contribution is 2.21. The fourth-order valence-electron chi connectivity index (χ4n) is 2.34. The zero-order chi connectivity index (χ0) is 14.4. The molecular formula is C16H21NO3. The van der Waals surface area contributed by atoms with Crippen LogP contribution in [-0.4, -0.2) is 30.9 Å². The van der Waals surface area contributed by atoms with Crippen molar-refractivity contribution in [1.82, 2.24) is 4.57 Å². The Kier molecular flexibility index (Phi) is 5.18. The molecule has 0 radical (unpaired) electrons. The first-order valence-electron chi connectivity index (χ1n) is 7.02. The van der Waals surface area contributed by atoms with Gasteiger partial charge in [-0.3, -0.25) is 0 Å². The molecule has 0 N–H and O–H groups in total.